The maximum absolute atomic E-state index is 13.4. The predicted molar refractivity (Wildman–Crippen MR) is 151 cm³/mol. The second kappa shape index (κ2) is 12.7. The van der Waals surface area contributed by atoms with Crippen LogP contribution in [0.4, 0.5) is 24.5 Å². The Balaban J connectivity index is 1.57. The molecule has 2 heterocycles. The molecule has 2 aromatic carbocycles. The summed E-state index contributed by atoms with van der Waals surface area (Å²) in [5.74, 6) is -1.10. The number of rotatable bonds is 4. The molecule has 12 heteroatoms. The molecule has 3 amide bonds. The van der Waals surface area contributed by atoms with Gasteiger partial charge in [0.25, 0.3) is 0 Å². The Kier molecular flexibility index (Phi) is 9.27. The fourth-order valence-corrected chi connectivity index (χ4v) is 5.02. The number of carbonyl (C=O) groups excluding carboxylic acids is 3. The number of fused-ring (bicyclic) bond motifs is 1. The minimum atomic E-state index is -4.70. The molecule has 0 bridgehead atoms. The van der Waals surface area contributed by atoms with Gasteiger partial charge in [-0.3, -0.25) is 14.4 Å². The van der Waals surface area contributed by atoms with Crippen molar-refractivity contribution in [2.45, 2.75) is 51.4 Å². The quantitative estimate of drug-likeness (QED) is 0.392. The molecule has 2 atom stereocenters. The van der Waals surface area contributed by atoms with Gasteiger partial charge in [0, 0.05) is 53.2 Å². The fraction of sp³-hybridized carbons (Fsp3) is 0.345. The standard InChI is InChI=1S/C29H31ClF3N5O3/c1-17-5-4-8-24(28(41)36-15-19-6-2-3-7-22(19)37-27(17)40)38-12-11-18(13-26(38)39)21-14-20(30)9-10-23(21)35-16-25(34)29(31,32)33/h2-3,6-7,9-10,13-14,16-17,24,35H,4-5,8,11-12,15,34H2,1H3,(H,36,41)(H,37,40)/b25-16-. The number of carbonyl (C=O) groups is 3. The Bertz CT molecular complexity index is 1390. The zero-order valence-electron chi connectivity index (χ0n) is 22.4. The van der Waals surface area contributed by atoms with Crippen LogP contribution in [0.3, 0.4) is 0 Å². The van der Waals surface area contributed by atoms with E-state index >= 15 is 0 Å². The number of hydrogen-bond donors (Lipinski definition) is 4. The first-order chi connectivity index (χ1) is 19.4. The van der Waals surface area contributed by atoms with Crippen LogP contribution in [0.25, 0.3) is 5.57 Å². The van der Waals surface area contributed by atoms with E-state index in [-0.39, 0.29) is 30.8 Å². The van der Waals surface area contributed by atoms with Gasteiger partial charge >= 0.3 is 6.18 Å². The van der Waals surface area contributed by atoms with Gasteiger partial charge in [0.05, 0.1) is 0 Å². The van der Waals surface area contributed by atoms with E-state index in [4.69, 9.17) is 17.3 Å². The van der Waals surface area contributed by atoms with Crippen molar-refractivity contribution in [2.75, 3.05) is 17.2 Å². The second-order valence-electron chi connectivity index (χ2n) is 10.1. The molecule has 4 rings (SSSR count). The van der Waals surface area contributed by atoms with Gasteiger partial charge < -0.3 is 26.6 Å². The summed E-state index contributed by atoms with van der Waals surface area (Å²) in [5.41, 5.74) is 6.49. The SMILES string of the molecule is CC1CCCC(N2CCC(c3cc(Cl)ccc3N/C=C(\N)C(F)(F)F)=CC2=O)C(=O)NCc2ccccc2NC1=O. The molecular formula is C29H31ClF3N5O3. The third-order valence-electron chi connectivity index (χ3n) is 7.21. The van der Waals surface area contributed by atoms with Crippen LogP contribution in [0.1, 0.15) is 43.7 Å². The van der Waals surface area contributed by atoms with E-state index < -0.39 is 23.8 Å². The lowest BCUT2D eigenvalue weighted by atomic mass is 9.94. The summed E-state index contributed by atoms with van der Waals surface area (Å²) in [4.78, 5) is 40.9. The molecule has 2 aliphatic heterocycles. The van der Waals surface area contributed by atoms with Crippen LogP contribution in [0, 0.1) is 5.92 Å². The third-order valence-corrected chi connectivity index (χ3v) is 7.45. The molecule has 0 spiro atoms. The van der Waals surface area contributed by atoms with Crippen molar-refractivity contribution >= 4 is 46.3 Å². The van der Waals surface area contributed by atoms with Crippen LogP contribution in [0.5, 0.6) is 0 Å². The van der Waals surface area contributed by atoms with Gasteiger partial charge in [0.15, 0.2) is 0 Å². The summed E-state index contributed by atoms with van der Waals surface area (Å²) in [6.45, 7) is 2.21. The molecule has 8 nitrogen and oxygen atoms in total. The highest BCUT2D eigenvalue weighted by Crippen LogP contribution is 2.33. The van der Waals surface area contributed by atoms with E-state index in [2.05, 4.69) is 16.0 Å². The molecular weight excluding hydrogens is 559 g/mol. The first-order valence-corrected chi connectivity index (χ1v) is 13.6. The normalized spacial score (nSPS) is 21.1. The van der Waals surface area contributed by atoms with Crippen molar-refractivity contribution in [3.8, 4) is 0 Å². The summed E-state index contributed by atoms with van der Waals surface area (Å²) >= 11 is 6.17. The molecule has 0 aliphatic carbocycles. The van der Waals surface area contributed by atoms with Crippen molar-refractivity contribution in [1.82, 2.24) is 10.2 Å². The summed E-state index contributed by atoms with van der Waals surface area (Å²) in [6, 6.07) is 11.0. The first kappa shape index (κ1) is 30.0. The van der Waals surface area contributed by atoms with E-state index in [0.29, 0.717) is 59.4 Å². The lowest BCUT2D eigenvalue weighted by Crippen LogP contribution is -2.50. The lowest BCUT2D eigenvalue weighted by molar-refractivity contribution is -0.137. The number of para-hydroxylation sites is 1. The van der Waals surface area contributed by atoms with Crippen molar-refractivity contribution in [1.29, 1.82) is 0 Å². The Morgan fingerprint density at radius 2 is 1.88 bits per heavy atom. The van der Waals surface area contributed by atoms with E-state index in [9.17, 15) is 27.6 Å². The van der Waals surface area contributed by atoms with Crippen molar-refractivity contribution in [2.24, 2.45) is 11.7 Å². The molecule has 0 saturated carbocycles. The number of halogens is 4. The smallest absolute Gasteiger partial charge is 0.394 e. The molecule has 2 aliphatic rings. The number of nitrogens with zero attached hydrogens (tertiary/aromatic N) is 1. The predicted octanol–water partition coefficient (Wildman–Crippen LogP) is 5.17. The highest BCUT2D eigenvalue weighted by atomic mass is 35.5. The van der Waals surface area contributed by atoms with E-state index in [1.165, 1.54) is 23.1 Å². The van der Waals surface area contributed by atoms with Crippen molar-refractivity contribution in [3.63, 3.8) is 0 Å². The minimum Gasteiger partial charge on any atom is -0.394 e. The fourth-order valence-electron chi connectivity index (χ4n) is 4.85. The molecule has 0 fully saturated rings. The van der Waals surface area contributed by atoms with Crippen LogP contribution < -0.4 is 21.7 Å². The number of amides is 3. The topological polar surface area (TPSA) is 117 Å². The zero-order chi connectivity index (χ0) is 29.7. The van der Waals surface area contributed by atoms with Gasteiger partial charge in [-0.25, -0.2) is 0 Å². The Morgan fingerprint density at radius 1 is 1.12 bits per heavy atom. The summed E-state index contributed by atoms with van der Waals surface area (Å²) in [6.07, 6.45) is -0.879. The van der Waals surface area contributed by atoms with Crippen LogP contribution in [0.2, 0.25) is 5.02 Å². The minimum absolute atomic E-state index is 0.111. The number of anilines is 2. The number of nitrogens with one attached hydrogen (secondary N) is 3. The average Bonchev–Trinajstić information content (AvgIpc) is 2.93. The number of nitrogens with two attached hydrogens (primary N) is 1. The maximum atomic E-state index is 13.4. The molecule has 0 radical (unpaired) electrons. The highest BCUT2D eigenvalue weighted by molar-refractivity contribution is 6.31. The lowest BCUT2D eigenvalue weighted by Gasteiger charge is -2.34. The van der Waals surface area contributed by atoms with Crippen LogP contribution in [-0.4, -0.2) is 41.4 Å². The summed E-state index contributed by atoms with van der Waals surface area (Å²) < 4.78 is 38.6. The van der Waals surface area contributed by atoms with Crippen molar-refractivity contribution in [3.05, 3.63) is 76.6 Å². The molecule has 0 saturated heterocycles. The van der Waals surface area contributed by atoms with Gasteiger partial charge in [0.2, 0.25) is 17.7 Å². The average molecular weight is 590 g/mol. The number of benzene rings is 2. The Morgan fingerprint density at radius 3 is 2.61 bits per heavy atom. The summed E-state index contributed by atoms with van der Waals surface area (Å²) in [7, 11) is 0. The van der Waals surface area contributed by atoms with Gasteiger partial charge in [-0.15, -0.1) is 0 Å². The van der Waals surface area contributed by atoms with Gasteiger partial charge in [-0.1, -0.05) is 43.1 Å². The number of allylic oxidation sites excluding steroid dienone is 1. The van der Waals surface area contributed by atoms with Crippen molar-refractivity contribution < 1.29 is 27.6 Å². The molecule has 0 aromatic heterocycles. The van der Waals surface area contributed by atoms with Crippen LogP contribution >= 0.6 is 11.6 Å². The maximum Gasteiger partial charge on any atom is 0.432 e. The van der Waals surface area contributed by atoms with Crippen LogP contribution in [-0.2, 0) is 20.9 Å². The third kappa shape index (κ3) is 7.40. The first-order valence-electron chi connectivity index (χ1n) is 13.2. The van der Waals surface area contributed by atoms with Gasteiger partial charge in [-0.05, 0) is 54.7 Å². The van der Waals surface area contributed by atoms with Gasteiger partial charge in [-0.2, -0.15) is 13.2 Å². The Hall–Kier alpha value is -3.99. The van der Waals surface area contributed by atoms with E-state index in [1.807, 2.05) is 19.1 Å². The molecule has 41 heavy (non-hydrogen) atoms. The molecule has 2 aromatic rings. The number of alkyl halides is 3. The Labute approximate surface area is 240 Å². The highest BCUT2D eigenvalue weighted by Gasteiger charge is 2.33. The summed E-state index contributed by atoms with van der Waals surface area (Å²) in [5, 5.41) is 8.75. The second-order valence-corrected chi connectivity index (χ2v) is 10.5. The van der Waals surface area contributed by atoms with Crippen LogP contribution in [0.15, 0.2) is 60.4 Å². The molecule has 2 unspecified atom stereocenters. The monoisotopic (exact) mass is 589 g/mol. The van der Waals surface area contributed by atoms with E-state index in [1.54, 1.807) is 18.2 Å². The van der Waals surface area contributed by atoms with Gasteiger partial charge in [0.1, 0.15) is 11.7 Å². The molecule has 218 valence electrons. The largest absolute Gasteiger partial charge is 0.432 e. The number of hydrogen-bond acceptors (Lipinski definition) is 5. The zero-order valence-corrected chi connectivity index (χ0v) is 23.1. The van der Waals surface area contributed by atoms with E-state index in [0.717, 1.165) is 5.56 Å². The molecule has 5 N–H and O–H groups in total.